The number of carbonyl (C=O) groups excluding carboxylic acids is 2. The van der Waals surface area contributed by atoms with Crippen molar-refractivity contribution >= 4 is 23.5 Å². The Labute approximate surface area is 144 Å². The summed E-state index contributed by atoms with van der Waals surface area (Å²) in [6.07, 6.45) is 5.30. The molecule has 0 aliphatic rings. The summed E-state index contributed by atoms with van der Waals surface area (Å²) >= 11 is 0. The third-order valence-corrected chi connectivity index (χ3v) is 3.55. The average molecular weight is 335 g/mol. The van der Waals surface area contributed by atoms with E-state index in [1.54, 1.807) is 24.3 Å². The maximum Gasteiger partial charge on any atom is 0.411 e. The van der Waals surface area contributed by atoms with Crippen molar-refractivity contribution in [3.05, 3.63) is 24.3 Å². The summed E-state index contributed by atoms with van der Waals surface area (Å²) in [6.45, 7) is 5.14. The van der Waals surface area contributed by atoms with Crippen LogP contribution in [0.15, 0.2) is 24.3 Å². The van der Waals surface area contributed by atoms with Crippen molar-refractivity contribution in [1.82, 2.24) is 5.32 Å². The number of amides is 3. The second kappa shape index (κ2) is 11.3. The summed E-state index contributed by atoms with van der Waals surface area (Å²) in [6, 6.07) is 6.65. The van der Waals surface area contributed by atoms with Crippen LogP contribution in [0.3, 0.4) is 0 Å². The second-order valence-electron chi connectivity index (χ2n) is 6.18. The summed E-state index contributed by atoms with van der Waals surface area (Å²) in [5, 5.41) is 8.14. The molecule has 0 aromatic heterocycles. The molecule has 0 spiro atoms. The van der Waals surface area contributed by atoms with E-state index in [0.29, 0.717) is 17.9 Å². The Morgan fingerprint density at radius 2 is 1.71 bits per heavy atom. The lowest BCUT2D eigenvalue weighted by molar-refractivity contribution is 0.187. The fourth-order valence-electron chi connectivity index (χ4n) is 2.25. The summed E-state index contributed by atoms with van der Waals surface area (Å²) in [4.78, 5) is 23.0. The van der Waals surface area contributed by atoms with Crippen LogP contribution in [0.1, 0.15) is 46.0 Å². The minimum absolute atomic E-state index is 0.243. The van der Waals surface area contributed by atoms with E-state index in [9.17, 15) is 9.59 Å². The summed E-state index contributed by atoms with van der Waals surface area (Å²) in [7, 11) is 1.30. The van der Waals surface area contributed by atoms with Crippen molar-refractivity contribution in [2.24, 2.45) is 5.92 Å². The van der Waals surface area contributed by atoms with Crippen LogP contribution in [0.2, 0.25) is 0 Å². The topological polar surface area (TPSA) is 79.5 Å². The van der Waals surface area contributed by atoms with Crippen LogP contribution < -0.4 is 16.0 Å². The summed E-state index contributed by atoms with van der Waals surface area (Å²) in [5.74, 6) is 0.762. The highest BCUT2D eigenvalue weighted by atomic mass is 16.5. The lowest BCUT2D eigenvalue weighted by atomic mass is 10.0. The average Bonchev–Trinajstić information content (AvgIpc) is 2.53. The van der Waals surface area contributed by atoms with Gasteiger partial charge in [0, 0.05) is 17.9 Å². The zero-order valence-corrected chi connectivity index (χ0v) is 14.9. The number of urea groups is 1. The van der Waals surface area contributed by atoms with Crippen molar-refractivity contribution in [1.29, 1.82) is 0 Å². The highest BCUT2D eigenvalue weighted by Gasteiger charge is 2.04. The molecule has 1 rings (SSSR count). The predicted molar refractivity (Wildman–Crippen MR) is 97.4 cm³/mol. The minimum atomic E-state index is -0.547. The predicted octanol–water partition coefficient (Wildman–Crippen LogP) is 4.59. The number of benzene rings is 1. The van der Waals surface area contributed by atoms with Crippen LogP contribution in [0.4, 0.5) is 21.0 Å². The second-order valence-corrected chi connectivity index (χ2v) is 6.18. The molecule has 0 saturated heterocycles. The van der Waals surface area contributed by atoms with E-state index in [2.05, 4.69) is 34.5 Å². The molecule has 3 amide bonds. The number of ether oxygens (including phenoxy) is 1. The van der Waals surface area contributed by atoms with Crippen LogP contribution in [0.5, 0.6) is 0 Å². The van der Waals surface area contributed by atoms with E-state index in [-0.39, 0.29) is 6.03 Å². The largest absolute Gasteiger partial charge is 0.453 e. The molecule has 6 nitrogen and oxygen atoms in total. The molecule has 3 N–H and O–H groups in total. The molecule has 0 saturated carbocycles. The fourth-order valence-corrected chi connectivity index (χ4v) is 2.25. The Hall–Kier alpha value is -2.24. The number of methoxy groups -OCH3 is 1. The fraction of sp³-hybridized carbons (Fsp3) is 0.556. The molecular weight excluding hydrogens is 306 g/mol. The first-order valence-corrected chi connectivity index (χ1v) is 8.51. The first-order chi connectivity index (χ1) is 11.5. The van der Waals surface area contributed by atoms with Crippen LogP contribution in [0.25, 0.3) is 0 Å². The maximum atomic E-state index is 11.8. The molecule has 0 heterocycles. The van der Waals surface area contributed by atoms with E-state index in [1.807, 2.05) is 0 Å². The number of nitrogens with one attached hydrogen (secondary N) is 3. The minimum Gasteiger partial charge on any atom is -0.453 e. The zero-order chi connectivity index (χ0) is 17.8. The Morgan fingerprint density at radius 1 is 1.04 bits per heavy atom. The van der Waals surface area contributed by atoms with Crippen LogP contribution >= 0.6 is 0 Å². The van der Waals surface area contributed by atoms with Gasteiger partial charge in [-0.2, -0.15) is 0 Å². The number of carbonyl (C=O) groups is 2. The molecule has 134 valence electrons. The van der Waals surface area contributed by atoms with Crippen molar-refractivity contribution < 1.29 is 14.3 Å². The van der Waals surface area contributed by atoms with E-state index in [4.69, 9.17) is 0 Å². The van der Waals surface area contributed by atoms with Gasteiger partial charge in [-0.1, -0.05) is 45.6 Å². The Kier molecular flexibility index (Phi) is 9.34. The number of anilines is 2. The lowest BCUT2D eigenvalue weighted by Crippen LogP contribution is -2.29. The van der Waals surface area contributed by atoms with Gasteiger partial charge < -0.3 is 15.4 Å². The van der Waals surface area contributed by atoms with Gasteiger partial charge in [-0.3, -0.25) is 5.32 Å². The van der Waals surface area contributed by atoms with Crippen molar-refractivity contribution in [3.63, 3.8) is 0 Å². The van der Waals surface area contributed by atoms with Crippen molar-refractivity contribution in [3.8, 4) is 0 Å². The molecule has 0 unspecified atom stereocenters. The Bertz CT molecular complexity index is 518. The number of rotatable bonds is 9. The van der Waals surface area contributed by atoms with Gasteiger partial charge in [0.2, 0.25) is 0 Å². The number of unbranched alkanes of at least 4 members (excludes halogenated alkanes) is 3. The van der Waals surface area contributed by atoms with Gasteiger partial charge in [-0.25, -0.2) is 9.59 Å². The zero-order valence-electron chi connectivity index (χ0n) is 14.9. The molecule has 6 heteroatoms. The molecule has 24 heavy (non-hydrogen) atoms. The highest BCUT2D eigenvalue weighted by Crippen LogP contribution is 2.15. The lowest BCUT2D eigenvalue weighted by Gasteiger charge is -2.09. The van der Waals surface area contributed by atoms with Gasteiger partial charge in [0.1, 0.15) is 0 Å². The van der Waals surface area contributed by atoms with Gasteiger partial charge in [-0.05, 0) is 30.5 Å². The molecule has 0 aliphatic carbocycles. The summed E-state index contributed by atoms with van der Waals surface area (Å²) < 4.78 is 4.53. The van der Waals surface area contributed by atoms with Crippen LogP contribution in [0, 0.1) is 5.92 Å². The first kappa shape index (κ1) is 19.8. The van der Waals surface area contributed by atoms with Crippen molar-refractivity contribution in [2.45, 2.75) is 46.0 Å². The molecule has 0 atom stereocenters. The molecular formula is C18H29N3O3. The maximum absolute atomic E-state index is 11.8. The molecule has 0 fully saturated rings. The quantitative estimate of drug-likeness (QED) is 0.577. The van der Waals surface area contributed by atoms with Gasteiger partial charge in [0.15, 0.2) is 0 Å². The third kappa shape index (κ3) is 9.02. The molecule has 1 aromatic carbocycles. The number of hydrogen-bond donors (Lipinski definition) is 3. The summed E-state index contributed by atoms with van der Waals surface area (Å²) in [5.41, 5.74) is 1.17. The Balaban J connectivity index is 2.23. The highest BCUT2D eigenvalue weighted by molar-refractivity contribution is 5.91. The molecule has 0 bridgehead atoms. The van der Waals surface area contributed by atoms with Gasteiger partial charge in [0.25, 0.3) is 0 Å². The van der Waals surface area contributed by atoms with E-state index >= 15 is 0 Å². The van der Waals surface area contributed by atoms with E-state index in [0.717, 1.165) is 18.8 Å². The monoisotopic (exact) mass is 335 g/mol. The third-order valence-electron chi connectivity index (χ3n) is 3.55. The normalized spacial score (nSPS) is 10.3. The molecule has 0 radical (unpaired) electrons. The smallest absolute Gasteiger partial charge is 0.411 e. The Morgan fingerprint density at radius 3 is 2.38 bits per heavy atom. The van der Waals surface area contributed by atoms with Crippen LogP contribution in [-0.2, 0) is 4.74 Å². The van der Waals surface area contributed by atoms with Gasteiger partial charge in [-0.15, -0.1) is 0 Å². The van der Waals surface area contributed by atoms with E-state index in [1.165, 1.54) is 26.4 Å². The molecule has 0 aliphatic heterocycles. The molecule has 1 aromatic rings. The SMILES string of the molecule is COC(=O)Nc1cccc(NC(=O)NCCCCCCC(C)C)c1. The van der Waals surface area contributed by atoms with Crippen LogP contribution in [-0.4, -0.2) is 25.8 Å². The van der Waals surface area contributed by atoms with Gasteiger partial charge >= 0.3 is 12.1 Å². The number of hydrogen-bond acceptors (Lipinski definition) is 3. The van der Waals surface area contributed by atoms with Gasteiger partial charge in [0.05, 0.1) is 7.11 Å². The standard InChI is InChI=1S/C18H29N3O3/c1-14(2)9-6-4-5-7-12-19-17(22)20-15-10-8-11-16(13-15)21-18(23)24-3/h8,10-11,13-14H,4-7,9,12H2,1-3H3,(H,21,23)(H2,19,20,22). The van der Waals surface area contributed by atoms with E-state index < -0.39 is 6.09 Å². The first-order valence-electron chi connectivity index (χ1n) is 8.51. The van der Waals surface area contributed by atoms with Crippen molar-refractivity contribution in [2.75, 3.05) is 24.3 Å².